The van der Waals surface area contributed by atoms with Crippen molar-refractivity contribution in [2.75, 3.05) is 16.8 Å². The van der Waals surface area contributed by atoms with Gasteiger partial charge in [-0.1, -0.05) is 121 Å². The lowest BCUT2D eigenvalue weighted by Crippen LogP contribution is -2.09. The highest BCUT2D eigenvalue weighted by atomic mass is 15.1. The van der Waals surface area contributed by atoms with E-state index in [2.05, 4.69) is 222 Å². The van der Waals surface area contributed by atoms with E-state index in [9.17, 15) is 0 Å². The van der Waals surface area contributed by atoms with E-state index in [1.54, 1.807) is 0 Å². The summed E-state index contributed by atoms with van der Waals surface area (Å²) in [6, 6.07) is 73.8. The largest absolute Gasteiger partial charge is 0.345 e. The minimum absolute atomic E-state index is 1.11. The van der Waals surface area contributed by atoms with Gasteiger partial charge in [0, 0.05) is 51.9 Å². The maximum atomic E-state index is 2.38. The third kappa shape index (κ3) is 5.78. The molecule has 9 aromatic rings. The number of fused-ring (bicyclic) bond motifs is 3. The van der Waals surface area contributed by atoms with E-state index in [1.165, 1.54) is 49.7 Å². The second-order valence-electron chi connectivity index (χ2n) is 13.1. The van der Waals surface area contributed by atoms with Gasteiger partial charge in [-0.25, -0.2) is 0 Å². The first-order chi connectivity index (χ1) is 25.7. The summed E-state index contributed by atoms with van der Waals surface area (Å²) in [7, 11) is 2.11. The SMILES string of the molecule is CN(c1ccccc1)c1ccc(-c2ccc(N(c3ccccc3)c3ccc4c(c3)c3ccccc3n4-c3ccc(-c4ccccc4)cc3)cc2)cc1. The van der Waals surface area contributed by atoms with Gasteiger partial charge in [0.2, 0.25) is 0 Å². The van der Waals surface area contributed by atoms with Gasteiger partial charge in [0.05, 0.1) is 11.0 Å². The summed E-state index contributed by atoms with van der Waals surface area (Å²) in [5, 5.41) is 2.45. The molecular formula is C49H37N3. The highest BCUT2D eigenvalue weighted by Crippen LogP contribution is 2.40. The van der Waals surface area contributed by atoms with Gasteiger partial charge < -0.3 is 14.4 Å². The Balaban J connectivity index is 1.08. The van der Waals surface area contributed by atoms with Crippen LogP contribution in [0, 0.1) is 0 Å². The molecular weight excluding hydrogens is 631 g/mol. The summed E-state index contributed by atoms with van der Waals surface area (Å²) in [5.74, 6) is 0. The Hall–Kier alpha value is -6.84. The Morgan fingerprint density at radius 1 is 0.327 bits per heavy atom. The molecule has 3 nitrogen and oxygen atoms in total. The molecule has 8 aromatic carbocycles. The molecule has 0 atom stereocenters. The third-order valence-electron chi connectivity index (χ3n) is 10.0. The van der Waals surface area contributed by atoms with E-state index in [4.69, 9.17) is 0 Å². The van der Waals surface area contributed by atoms with E-state index < -0.39 is 0 Å². The molecule has 0 unspecified atom stereocenters. The van der Waals surface area contributed by atoms with Crippen LogP contribution in [-0.2, 0) is 0 Å². The normalized spacial score (nSPS) is 11.2. The molecule has 0 amide bonds. The van der Waals surface area contributed by atoms with Gasteiger partial charge >= 0.3 is 0 Å². The Kier molecular flexibility index (Phi) is 8.07. The standard InChI is InChI=1S/C49H37N3/c1-50(40-15-7-3-8-16-40)41-27-21-38(22-28-41)39-23-29-43(30-24-39)51(42-17-9-4-10-18-42)45-33-34-49-47(35-45)46-19-11-12-20-48(46)52(49)44-31-25-37(26-32-44)36-13-5-2-6-14-36/h2-35H,1H3. The number of para-hydroxylation sites is 3. The Morgan fingerprint density at radius 3 is 1.38 bits per heavy atom. The van der Waals surface area contributed by atoms with Gasteiger partial charge in [0.15, 0.2) is 0 Å². The summed E-state index contributed by atoms with van der Waals surface area (Å²) in [4.78, 5) is 4.56. The van der Waals surface area contributed by atoms with Crippen molar-refractivity contribution in [3.8, 4) is 27.9 Å². The van der Waals surface area contributed by atoms with E-state index in [0.717, 1.165) is 28.4 Å². The first-order valence-electron chi connectivity index (χ1n) is 17.7. The number of hydrogen-bond acceptors (Lipinski definition) is 2. The van der Waals surface area contributed by atoms with E-state index in [0.29, 0.717) is 0 Å². The summed E-state index contributed by atoms with van der Waals surface area (Å²) in [6.45, 7) is 0. The first-order valence-corrected chi connectivity index (χ1v) is 17.7. The van der Waals surface area contributed by atoms with Crippen LogP contribution in [0.15, 0.2) is 206 Å². The average Bonchev–Trinajstić information content (AvgIpc) is 3.56. The maximum Gasteiger partial charge on any atom is 0.0542 e. The van der Waals surface area contributed by atoms with Crippen LogP contribution in [-0.4, -0.2) is 11.6 Å². The van der Waals surface area contributed by atoms with Crippen molar-refractivity contribution >= 4 is 50.2 Å². The van der Waals surface area contributed by atoms with Crippen LogP contribution in [0.2, 0.25) is 0 Å². The van der Waals surface area contributed by atoms with Gasteiger partial charge in [-0.05, 0) is 107 Å². The molecule has 1 heterocycles. The zero-order chi connectivity index (χ0) is 34.9. The van der Waals surface area contributed by atoms with Crippen LogP contribution in [0.5, 0.6) is 0 Å². The Morgan fingerprint density at radius 2 is 0.750 bits per heavy atom. The van der Waals surface area contributed by atoms with Crippen LogP contribution in [0.3, 0.4) is 0 Å². The molecule has 9 rings (SSSR count). The van der Waals surface area contributed by atoms with Crippen LogP contribution in [0.4, 0.5) is 28.4 Å². The fourth-order valence-corrected chi connectivity index (χ4v) is 7.32. The number of rotatable bonds is 8. The van der Waals surface area contributed by atoms with Crippen LogP contribution >= 0.6 is 0 Å². The zero-order valence-electron chi connectivity index (χ0n) is 29.0. The lowest BCUT2D eigenvalue weighted by atomic mass is 10.0. The Bertz CT molecular complexity index is 2590. The van der Waals surface area contributed by atoms with Crippen molar-refractivity contribution in [2.45, 2.75) is 0 Å². The summed E-state index contributed by atoms with van der Waals surface area (Å²) in [5.41, 5.74) is 14.0. The van der Waals surface area contributed by atoms with Crippen molar-refractivity contribution in [1.82, 2.24) is 4.57 Å². The summed E-state index contributed by atoms with van der Waals surface area (Å²) >= 11 is 0. The molecule has 0 N–H and O–H groups in total. The van der Waals surface area contributed by atoms with Crippen molar-refractivity contribution in [3.05, 3.63) is 206 Å². The fraction of sp³-hybridized carbons (Fsp3) is 0.0204. The second kappa shape index (κ2) is 13.5. The van der Waals surface area contributed by atoms with Gasteiger partial charge in [0.25, 0.3) is 0 Å². The van der Waals surface area contributed by atoms with Crippen LogP contribution in [0.1, 0.15) is 0 Å². The number of hydrogen-bond donors (Lipinski definition) is 0. The first kappa shape index (κ1) is 31.2. The predicted octanol–water partition coefficient (Wildman–Crippen LogP) is 13.4. The molecule has 248 valence electrons. The van der Waals surface area contributed by atoms with Gasteiger partial charge in [-0.3, -0.25) is 0 Å². The molecule has 0 saturated heterocycles. The number of nitrogens with zero attached hydrogens (tertiary/aromatic N) is 3. The molecule has 0 spiro atoms. The molecule has 0 aliphatic rings. The molecule has 0 fully saturated rings. The number of aromatic nitrogens is 1. The second-order valence-corrected chi connectivity index (χ2v) is 13.1. The van der Waals surface area contributed by atoms with E-state index in [-0.39, 0.29) is 0 Å². The highest BCUT2D eigenvalue weighted by Gasteiger charge is 2.17. The molecule has 0 aliphatic heterocycles. The quantitative estimate of drug-likeness (QED) is 0.160. The van der Waals surface area contributed by atoms with Crippen LogP contribution < -0.4 is 9.80 Å². The number of anilines is 5. The molecule has 52 heavy (non-hydrogen) atoms. The number of benzene rings is 8. The van der Waals surface area contributed by atoms with Gasteiger partial charge in [0.1, 0.15) is 0 Å². The summed E-state index contributed by atoms with van der Waals surface area (Å²) in [6.07, 6.45) is 0. The average molecular weight is 668 g/mol. The lowest BCUT2D eigenvalue weighted by molar-refractivity contribution is 1.18. The van der Waals surface area contributed by atoms with E-state index >= 15 is 0 Å². The highest BCUT2D eigenvalue weighted by molar-refractivity contribution is 6.10. The van der Waals surface area contributed by atoms with Gasteiger partial charge in [-0.2, -0.15) is 0 Å². The molecule has 0 aliphatic carbocycles. The molecule has 1 aromatic heterocycles. The smallest absolute Gasteiger partial charge is 0.0542 e. The van der Waals surface area contributed by atoms with Crippen molar-refractivity contribution in [2.24, 2.45) is 0 Å². The fourth-order valence-electron chi connectivity index (χ4n) is 7.32. The van der Waals surface area contributed by atoms with E-state index in [1.807, 2.05) is 6.07 Å². The maximum absolute atomic E-state index is 2.38. The Labute approximate surface area is 304 Å². The zero-order valence-corrected chi connectivity index (χ0v) is 29.0. The van der Waals surface area contributed by atoms with Crippen molar-refractivity contribution < 1.29 is 0 Å². The molecule has 0 saturated carbocycles. The van der Waals surface area contributed by atoms with Crippen molar-refractivity contribution in [1.29, 1.82) is 0 Å². The minimum atomic E-state index is 1.11. The molecule has 0 radical (unpaired) electrons. The van der Waals surface area contributed by atoms with Crippen molar-refractivity contribution in [3.63, 3.8) is 0 Å². The molecule has 3 heteroatoms. The monoisotopic (exact) mass is 667 g/mol. The predicted molar refractivity (Wildman–Crippen MR) is 221 cm³/mol. The van der Waals surface area contributed by atoms with Gasteiger partial charge in [-0.15, -0.1) is 0 Å². The minimum Gasteiger partial charge on any atom is -0.345 e. The third-order valence-corrected chi connectivity index (χ3v) is 10.0. The summed E-state index contributed by atoms with van der Waals surface area (Å²) < 4.78 is 2.38. The molecule has 0 bridgehead atoms. The lowest BCUT2D eigenvalue weighted by Gasteiger charge is -2.26. The topological polar surface area (TPSA) is 11.4 Å². The van der Waals surface area contributed by atoms with Crippen LogP contribution in [0.25, 0.3) is 49.7 Å².